The van der Waals surface area contributed by atoms with Crippen LogP contribution < -0.4 is 5.32 Å². The summed E-state index contributed by atoms with van der Waals surface area (Å²) in [7, 11) is 0. The Hall–Kier alpha value is -2.71. The first-order chi connectivity index (χ1) is 15.7. The summed E-state index contributed by atoms with van der Waals surface area (Å²) in [5, 5.41) is 5.90. The van der Waals surface area contributed by atoms with Gasteiger partial charge in [-0.25, -0.2) is 4.98 Å². The number of rotatable bonds is 4. The molecular weight excluding hydrogens is 474 g/mol. The number of hydrogen-bond acceptors (Lipinski definition) is 6. The number of thiophene rings is 1. The van der Waals surface area contributed by atoms with E-state index in [9.17, 15) is 4.79 Å². The van der Waals surface area contributed by atoms with Crippen LogP contribution in [-0.4, -0.2) is 28.9 Å². The zero-order valence-corrected chi connectivity index (χ0v) is 20.4. The lowest BCUT2D eigenvalue weighted by Crippen LogP contribution is -2.29. The molecule has 0 bridgehead atoms. The number of nitrogens with one attached hydrogen (secondary N) is 1. The molecule has 33 heavy (non-hydrogen) atoms. The maximum atomic E-state index is 13.1. The fourth-order valence-electron chi connectivity index (χ4n) is 4.28. The number of likely N-dealkylation sites (N-methyl/N-ethyl adjacent to an activating group) is 1. The molecule has 5 aromatic rings. The molecule has 0 saturated carbocycles. The first-order valence-electron chi connectivity index (χ1n) is 10.7. The number of thiazole rings is 1. The predicted molar refractivity (Wildman–Crippen MR) is 139 cm³/mol. The number of halogens is 1. The molecule has 0 unspecified atom stereocenters. The third kappa shape index (κ3) is 3.95. The van der Waals surface area contributed by atoms with Gasteiger partial charge in [-0.05, 0) is 42.8 Å². The number of carbonyl (C=O) groups is 1. The monoisotopic (exact) mass is 495 g/mol. The lowest BCUT2D eigenvalue weighted by Gasteiger charge is -2.25. The van der Waals surface area contributed by atoms with Gasteiger partial charge in [-0.2, -0.15) is 0 Å². The van der Waals surface area contributed by atoms with Crippen molar-refractivity contribution in [2.24, 2.45) is 0 Å². The molecule has 0 radical (unpaired) electrons. The molecule has 3 aromatic heterocycles. The van der Waals surface area contributed by atoms with Gasteiger partial charge in [0, 0.05) is 28.9 Å². The Balaban J connectivity index is 0.00000228. The van der Waals surface area contributed by atoms with E-state index in [1.807, 2.05) is 42.5 Å². The number of hydrogen-bond donors (Lipinski definition) is 1. The minimum atomic E-state index is -0.227. The van der Waals surface area contributed by atoms with Crippen molar-refractivity contribution in [2.45, 2.75) is 19.9 Å². The number of aromatic nitrogens is 1. The number of benzene rings is 2. The van der Waals surface area contributed by atoms with Crippen LogP contribution in [-0.2, 0) is 13.0 Å². The number of furan rings is 1. The smallest absolute Gasteiger partial charge is 0.292 e. The van der Waals surface area contributed by atoms with E-state index in [1.54, 1.807) is 28.7 Å². The molecular formula is C25H22ClN3O2S2. The Morgan fingerprint density at radius 3 is 2.79 bits per heavy atom. The Morgan fingerprint density at radius 1 is 1.15 bits per heavy atom. The van der Waals surface area contributed by atoms with E-state index in [0.29, 0.717) is 11.3 Å². The Bertz CT molecular complexity index is 1400. The molecule has 0 fully saturated rings. The van der Waals surface area contributed by atoms with Crippen molar-refractivity contribution >= 4 is 67.2 Å². The van der Waals surface area contributed by atoms with Gasteiger partial charge in [-0.3, -0.25) is 9.69 Å². The molecule has 5 nitrogen and oxygen atoms in total. The van der Waals surface area contributed by atoms with Crippen LogP contribution in [0.1, 0.15) is 27.9 Å². The Morgan fingerprint density at radius 2 is 1.97 bits per heavy atom. The maximum Gasteiger partial charge on any atom is 0.292 e. The average Bonchev–Trinajstić information content (AvgIpc) is 3.52. The van der Waals surface area contributed by atoms with Gasteiger partial charge in [0.1, 0.15) is 15.6 Å². The van der Waals surface area contributed by atoms with Gasteiger partial charge < -0.3 is 9.73 Å². The van der Waals surface area contributed by atoms with E-state index < -0.39 is 0 Å². The van der Waals surface area contributed by atoms with Crippen molar-refractivity contribution in [2.75, 3.05) is 18.4 Å². The normalized spacial score (nSPS) is 13.7. The fraction of sp³-hybridized carbons (Fsp3) is 0.200. The lowest BCUT2D eigenvalue weighted by atomic mass is 10.0. The fourth-order valence-corrected chi connectivity index (χ4v) is 6.67. The molecule has 0 spiro atoms. The number of para-hydroxylation sites is 2. The van der Waals surface area contributed by atoms with Crippen molar-refractivity contribution in [1.82, 2.24) is 9.88 Å². The van der Waals surface area contributed by atoms with Crippen LogP contribution >= 0.6 is 35.1 Å². The second-order valence-corrected chi connectivity index (χ2v) is 10.1. The van der Waals surface area contributed by atoms with Crippen LogP contribution in [0.15, 0.2) is 59.0 Å². The van der Waals surface area contributed by atoms with Crippen LogP contribution in [0.4, 0.5) is 5.00 Å². The highest BCUT2D eigenvalue weighted by molar-refractivity contribution is 7.23. The molecule has 1 aliphatic rings. The summed E-state index contributed by atoms with van der Waals surface area (Å²) in [6.07, 6.45) is 0.964. The topological polar surface area (TPSA) is 58.4 Å². The molecule has 4 heterocycles. The van der Waals surface area contributed by atoms with Crippen LogP contribution in [0, 0.1) is 0 Å². The zero-order chi connectivity index (χ0) is 21.7. The molecule has 1 N–H and O–H groups in total. The number of carbonyl (C=O) groups excluding carboxylic acids is 1. The van der Waals surface area contributed by atoms with E-state index in [0.717, 1.165) is 57.2 Å². The molecule has 0 saturated heterocycles. The molecule has 2 aromatic carbocycles. The highest BCUT2D eigenvalue weighted by atomic mass is 35.5. The van der Waals surface area contributed by atoms with Gasteiger partial charge in [0.15, 0.2) is 5.76 Å². The van der Waals surface area contributed by atoms with Crippen molar-refractivity contribution in [3.05, 3.63) is 70.8 Å². The maximum absolute atomic E-state index is 13.1. The SMILES string of the molecule is CCN1CCc2c(sc(NC(=O)c3cc4ccccc4o3)c2-c2nc3ccccc3s2)C1.Cl. The summed E-state index contributed by atoms with van der Waals surface area (Å²) < 4.78 is 6.96. The van der Waals surface area contributed by atoms with Gasteiger partial charge in [-0.1, -0.05) is 37.3 Å². The van der Waals surface area contributed by atoms with Gasteiger partial charge in [-0.15, -0.1) is 35.1 Å². The summed E-state index contributed by atoms with van der Waals surface area (Å²) in [5.74, 6) is 0.0949. The summed E-state index contributed by atoms with van der Waals surface area (Å²) in [4.78, 5) is 21.8. The third-order valence-electron chi connectivity index (χ3n) is 5.97. The molecule has 1 aliphatic heterocycles. The number of nitrogens with zero attached hydrogens (tertiary/aromatic N) is 2. The quantitative estimate of drug-likeness (QED) is 0.297. The highest BCUT2D eigenvalue weighted by Crippen LogP contribution is 2.45. The number of amides is 1. The van der Waals surface area contributed by atoms with Gasteiger partial charge >= 0.3 is 0 Å². The van der Waals surface area contributed by atoms with E-state index in [4.69, 9.17) is 9.40 Å². The van der Waals surface area contributed by atoms with Gasteiger partial charge in [0.2, 0.25) is 0 Å². The number of fused-ring (bicyclic) bond motifs is 3. The van der Waals surface area contributed by atoms with E-state index in [2.05, 4.69) is 23.2 Å². The second kappa shape index (κ2) is 8.91. The molecule has 0 aliphatic carbocycles. The molecule has 168 valence electrons. The summed E-state index contributed by atoms with van der Waals surface area (Å²) in [6, 6.07) is 17.7. The first-order valence-corrected chi connectivity index (χ1v) is 12.4. The Kier molecular flexibility index (Phi) is 5.97. The minimum Gasteiger partial charge on any atom is -0.451 e. The van der Waals surface area contributed by atoms with E-state index >= 15 is 0 Å². The van der Waals surface area contributed by atoms with Crippen molar-refractivity contribution < 1.29 is 9.21 Å². The summed E-state index contributed by atoms with van der Waals surface area (Å²) in [6.45, 7) is 5.15. The standard InChI is InChI=1S/C25H21N3O2S2.ClH/c1-2-28-12-11-16-21(14-28)32-25(22(16)24-26-17-8-4-6-10-20(17)31-24)27-23(29)19-13-15-7-3-5-9-18(15)30-19;/h3-10,13H,2,11-12,14H2,1H3,(H,27,29);1H. The van der Waals surface area contributed by atoms with Crippen LogP contribution in [0.3, 0.4) is 0 Å². The van der Waals surface area contributed by atoms with E-state index in [-0.39, 0.29) is 18.3 Å². The molecule has 8 heteroatoms. The van der Waals surface area contributed by atoms with Crippen molar-refractivity contribution in [3.63, 3.8) is 0 Å². The van der Waals surface area contributed by atoms with Gasteiger partial charge in [0.05, 0.1) is 10.2 Å². The molecule has 0 atom stereocenters. The Labute approximate surface area is 205 Å². The number of anilines is 1. The lowest BCUT2D eigenvalue weighted by molar-refractivity contribution is 0.0999. The van der Waals surface area contributed by atoms with Crippen LogP contribution in [0.2, 0.25) is 0 Å². The second-order valence-electron chi connectivity index (χ2n) is 7.92. The third-order valence-corrected chi connectivity index (χ3v) is 8.15. The molecule has 1 amide bonds. The minimum absolute atomic E-state index is 0. The average molecular weight is 496 g/mol. The zero-order valence-electron chi connectivity index (χ0n) is 18.0. The van der Waals surface area contributed by atoms with Crippen molar-refractivity contribution in [3.8, 4) is 10.6 Å². The molecule has 6 rings (SSSR count). The largest absolute Gasteiger partial charge is 0.451 e. The summed E-state index contributed by atoms with van der Waals surface area (Å²) in [5.41, 5.74) is 4.10. The van der Waals surface area contributed by atoms with Crippen LogP contribution in [0.25, 0.3) is 31.8 Å². The van der Waals surface area contributed by atoms with Crippen LogP contribution in [0.5, 0.6) is 0 Å². The van der Waals surface area contributed by atoms with Gasteiger partial charge in [0.25, 0.3) is 5.91 Å². The predicted octanol–water partition coefficient (Wildman–Crippen LogP) is 6.82. The summed E-state index contributed by atoms with van der Waals surface area (Å²) >= 11 is 3.35. The van der Waals surface area contributed by atoms with Crippen molar-refractivity contribution in [1.29, 1.82) is 0 Å². The van der Waals surface area contributed by atoms with E-state index in [1.165, 1.54) is 10.4 Å². The first kappa shape index (κ1) is 22.1. The highest BCUT2D eigenvalue weighted by Gasteiger charge is 2.28.